The highest BCUT2D eigenvalue weighted by Gasteiger charge is 2.31. The average molecular weight is 437 g/mol. The molecule has 0 unspecified atom stereocenters. The smallest absolute Gasteiger partial charge is 0.261 e. The summed E-state index contributed by atoms with van der Waals surface area (Å²) in [5, 5.41) is 14.1. The van der Waals surface area contributed by atoms with Crippen LogP contribution in [0.25, 0.3) is 5.65 Å². The van der Waals surface area contributed by atoms with E-state index in [1.807, 2.05) is 38.2 Å². The number of carbonyl (C=O) groups is 1. The van der Waals surface area contributed by atoms with Gasteiger partial charge in [0.25, 0.3) is 5.91 Å². The second kappa shape index (κ2) is 7.98. The molecule has 2 aliphatic rings. The van der Waals surface area contributed by atoms with Crippen molar-refractivity contribution in [2.75, 3.05) is 30.8 Å². The molecular formula is C23H28N6O3. The molecule has 3 N–H and O–H groups in total. The van der Waals surface area contributed by atoms with Crippen LogP contribution in [-0.4, -0.2) is 52.3 Å². The molecule has 3 aromatic rings. The number of piperidine rings is 1. The number of amides is 1. The zero-order valence-electron chi connectivity index (χ0n) is 18.6. The molecular weight excluding hydrogens is 408 g/mol. The van der Waals surface area contributed by atoms with Gasteiger partial charge in [0.05, 0.1) is 19.0 Å². The third-order valence-corrected chi connectivity index (χ3v) is 5.90. The Labute approximate surface area is 186 Å². The molecule has 0 aliphatic carbocycles. The predicted molar refractivity (Wildman–Crippen MR) is 122 cm³/mol. The first-order chi connectivity index (χ1) is 15.4. The molecule has 9 heteroatoms. The first kappa shape index (κ1) is 20.6. The largest absolute Gasteiger partial charge is 0.494 e. The summed E-state index contributed by atoms with van der Waals surface area (Å²) < 4.78 is 13.1. The van der Waals surface area contributed by atoms with Crippen LogP contribution in [0.2, 0.25) is 0 Å². The molecule has 0 saturated carbocycles. The molecule has 32 heavy (non-hydrogen) atoms. The fourth-order valence-corrected chi connectivity index (χ4v) is 4.38. The second-order valence-corrected chi connectivity index (χ2v) is 8.98. The fourth-order valence-electron chi connectivity index (χ4n) is 4.38. The van der Waals surface area contributed by atoms with Crippen LogP contribution in [0.5, 0.6) is 11.5 Å². The number of methoxy groups -OCH3 is 1. The van der Waals surface area contributed by atoms with E-state index < -0.39 is 0 Å². The third-order valence-electron chi connectivity index (χ3n) is 5.90. The summed E-state index contributed by atoms with van der Waals surface area (Å²) in [6, 6.07) is 5.94. The van der Waals surface area contributed by atoms with Crippen LogP contribution in [0.3, 0.4) is 0 Å². The Morgan fingerprint density at radius 3 is 3.03 bits per heavy atom. The third kappa shape index (κ3) is 3.95. The van der Waals surface area contributed by atoms with Gasteiger partial charge in [-0.3, -0.25) is 4.79 Å². The molecule has 0 radical (unpaired) electrons. The zero-order chi connectivity index (χ0) is 22.3. The number of aromatic nitrogens is 3. The highest BCUT2D eigenvalue weighted by Crippen LogP contribution is 2.41. The van der Waals surface area contributed by atoms with E-state index in [0.29, 0.717) is 28.7 Å². The molecule has 2 aliphatic heterocycles. The van der Waals surface area contributed by atoms with Gasteiger partial charge in [0.15, 0.2) is 5.65 Å². The van der Waals surface area contributed by atoms with E-state index in [9.17, 15) is 4.79 Å². The van der Waals surface area contributed by atoms with Gasteiger partial charge in [0.2, 0.25) is 0 Å². The molecule has 168 valence electrons. The van der Waals surface area contributed by atoms with Crippen LogP contribution in [-0.2, 0) is 6.42 Å². The van der Waals surface area contributed by atoms with Crippen LogP contribution in [0, 0.1) is 0 Å². The van der Waals surface area contributed by atoms with Gasteiger partial charge < -0.3 is 25.4 Å². The van der Waals surface area contributed by atoms with Gasteiger partial charge in [-0.2, -0.15) is 5.10 Å². The topological polar surface area (TPSA) is 102 Å². The van der Waals surface area contributed by atoms with Crippen LogP contribution in [0.1, 0.15) is 42.6 Å². The highest BCUT2D eigenvalue weighted by molar-refractivity contribution is 6.09. The quantitative estimate of drug-likeness (QED) is 0.565. The molecule has 1 atom stereocenters. The zero-order valence-corrected chi connectivity index (χ0v) is 18.6. The Bertz CT molecular complexity index is 1170. The molecule has 2 aromatic heterocycles. The number of ether oxygens (including phenoxy) is 2. The van der Waals surface area contributed by atoms with Gasteiger partial charge in [-0.25, -0.2) is 9.50 Å². The van der Waals surface area contributed by atoms with Crippen LogP contribution in [0.15, 0.2) is 30.6 Å². The molecule has 0 bridgehead atoms. The SMILES string of the molecule is COc1cc2c(cc1NC(=O)c1cnn3ccc(N[C@@H]4CCCNC4)nc13)CC(C)(C)O2. The van der Waals surface area contributed by atoms with Gasteiger partial charge in [-0.1, -0.05) is 0 Å². The minimum Gasteiger partial charge on any atom is -0.494 e. The Kier molecular flexibility index (Phi) is 5.13. The van der Waals surface area contributed by atoms with Crippen molar-refractivity contribution < 1.29 is 14.3 Å². The lowest BCUT2D eigenvalue weighted by atomic mass is 10.0. The number of nitrogens with zero attached hydrogens (tertiary/aromatic N) is 3. The molecule has 1 fully saturated rings. The monoisotopic (exact) mass is 436 g/mol. The van der Waals surface area contributed by atoms with Gasteiger partial charge in [0, 0.05) is 36.8 Å². The first-order valence-corrected chi connectivity index (χ1v) is 10.9. The number of benzene rings is 1. The lowest BCUT2D eigenvalue weighted by Crippen LogP contribution is -2.38. The van der Waals surface area contributed by atoms with Crippen molar-refractivity contribution in [2.45, 2.75) is 44.8 Å². The van der Waals surface area contributed by atoms with Gasteiger partial charge in [0.1, 0.15) is 28.5 Å². The van der Waals surface area contributed by atoms with Crippen molar-refractivity contribution in [1.29, 1.82) is 0 Å². The average Bonchev–Trinajstić information content (AvgIpc) is 3.32. The minimum atomic E-state index is -0.291. The van der Waals surface area contributed by atoms with Crippen LogP contribution in [0.4, 0.5) is 11.5 Å². The summed E-state index contributed by atoms with van der Waals surface area (Å²) in [6.45, 7) is 6.03. The fraction of sp³-hybridized carbons (Fsp3) is 0.435. The summed E-state index contributed by atoms with van der Waals surface area (Å²) in [5.41, 5.74) is 2.26. The molecule has 1 amide bonds. The molecule has 1 aromatic carbocycles. The second-order valence-electron chi connectivity index (χ2n) is 8.98. The standard InChI is InChI=1S/C23H28N6O3/c1-23(2)11-14-9-17(19(31-3)10-18(14)32-23)27-22(30)16-13-25-29-8-6-20(28-21(16)29)26-15-5-4-7-24-12-15/h6,8-10,13,15,24H,4-5,7,11-12H2,1-3H3,(H,26,28)(H,27,30)/t15-/m1/s1. The Hall–Kier alpha value is -3.33. The Morgan fingerprint density at radius 2 is 2.25 bits per heavy atom. The van der Waals surface area contributed by atoms with Crippen LogP contribution < -0.4 is 25.4 Å². The molecule has 9 nitrogen and oxygen atoms in total. The van der Waals surface area contributed by atoms with Crippen molar-refractivity contribution >= 4 is 23.1 Å². The van der Waals surface area contributed by atoms with Gasteiger partial charge in [-0.05, 0) is 45.4 Å². The van der Waals surface area contributed by atoms with E-state index in [-0.39, 0.29) is 11.5 Å². The lowest BCUT2D eigenvalue weighted by Gasteiger charge is -2.24. The van der Waals surface area contributed by atoms with Crippen molar-refractivity contribution in [2.24, 2.45) is 0 Å². The number of hydrogen-bond donors (Lipinski definition) is 3. The van der Waals surface area contributed by atoms with Crippen molar-refractivity contribution in [3.05, 3.63) is 41.7 Å². The minimum absolute atomic E-state index is 0.278. The first-order valence-electron chi connectivity index (χ1n) is 10.9. The van der Waals surface area contributed by atoms with Gasteiger partial charge >= 0.3 is 0 Å². The number of anilines is 2. The molecule has 5 rings (SSSR count). The highest BCUT2D eigenvalue weighted by atomic mass is 16.5. The summed E-state index contributed by atoms with van der Waals surface area (Å²) in [4.78, 5) is 17.8. The summed E-state index contributed by atoms with van der Waals surface area (Å²) in [6.07, 6.45) is 6.33. The summed E-state index contributed by atoms with van der Waals surface area (Å²) in [7, 11) is 1.58. The summed E-state index contributed by atoms with van der Waals surface area (Å²) in [5.74, 6) is 1.78. The van der Waals surface area contributed by atoms with Crippen molar-refractivity contribution in [3.8, 4) is 11.5 Å². The normalized spacial score (nSPS) is 19.3. The summed E-state index contributed by atoms with van der Waals surface area (Å²) >= 11 is 0. The number of hydrogen-bond acceptors (Lipinski definition) is 7. The van der Waals surface area contributed by atoms with Crippen LogP contribution >= 0.6 is 0 Å². The number of carbonyl (C=O) groups excluding carboxylic acids is 1. The van der Waals surface area contributed by atoms with E-state index in [1.54, 1.807) is 11.6 Å². The predicted octanol–water partition coefficient (Wildman–Crippen LogP) is 2.87. The van der Waals surface area contributed by atoms with E-state index in [4.69, 9.17) is 9.47 Å². The maximum Gasteiger partial charge on any atom is 0.261 e. The number of fused-ring (bicyclic) bond motifs is 2. The lowest BCUT2D eigenvalue weighted by molar-refractivity contribution is 0.102. The molecule has 1 saturated heterocycles. The van der Waals surface area contributed by atoms with E-state index >= 15 is 0 Å². The van der Waals surface area contributed by atoms with Crippen molar-refractivity contribution in [1.82, 2.24) is 19.9 Å². The molecule has 4 heterocycles. The molecule has 0 spiro atoms. The maximum atomic E-state index is 13.2. The van der Waals surface area contributed by atoms with Crippen molar-refractivity contribution in [3.63, 3.8) is 0 Å². The van der Waals surface area contributed by atoms with E-state index in [1.165, 1.54) is 6.20 Å². The van der Waals surface area contributed by atoms with E-state index in [0.717, 1.165) is 49.5 Å². The number of rotatable bonds is 5. The number of nitrogens with one attached hydrogen (secondary N) is 3. The maximum absolute atomic E-state index is 13.2. The Morgan fingerprint density at radius 1 is 1.38 bits per heavy atom. The van der Waals surface area contributed by atoms with Gasteiger partial charge in [-0.15, -0.1) is 0 Å². The Balaban J connectivity index is 1.40. The van der Waals surface area contributed by atoms with E-state index in [2.05, 4.69) is 26.0 Å².